The van der Waals surface area contributed by atoms with Gasteiger partial charge in [0, 0.05) is 12.1 Å². The van der Waals surface area contributed by atoms with E-state index in [9.17, 15) is 4.79 Å². The maximum Gasteiger partial charge on any atom is 0.248 e. The summed E-state index contributed by atoms with van der Waals surface area (Å²) < 4.78 is 5.72. The molecule has 1 amide bonds. The predicted octanol–water partition coefficient (Wildman–Crippen LogP) is 2.63. The van der Waals surface area contributed by atoms with Crippen LogP contribution < -0.4 is 5.32 Å². The molecule has 0 saturated carbocycles. The largest absolute Gasteiger partial charge is 0.368 e. The predicted molar refractivity (Wildman–Crippen MR) is 84.5 cm³/mol. The zero-order valence-corrected chi connectivity index (χ0v) is 13.4. The number of hydrogen-bond acceptors (Lipinski definition) is 3. The molecule has 1 aliphatic rings. The van der Waals surface area contributed by atoms with E-state index in [0.717, 1.165) is 31.5 Å². The lowest BCUT2D eigenvalue weighted by Crippen LogP contribution is -2.37. The van der Waals surface area contributed by atoms with Crippen molar-refractivity contribution in [2.24, 2.45) is 0 Å². The van der Waals surface area contributed by atoms with Crippen molar-refractivity contribution in [3.8, 4) is 0 Å². The lowest BCUT2D eigenvalue weighted by Gasteiger charge is -2.27. The number of ether oxygens (including phenoxy) is 1. The van der Waals surface area contributed by atoms with Crippen LogP contribution in [0.5, 0.6) is 0 Å². The molecule has 0 bridgehead atoms. The van der Waals surface area contributed by atoms with Crippen LogP contribution in [0, 0.1) is 0 Å². The molecule has 0 spiro atoms. The van der Waals surface area contributed by atoms with Gasteiger partial charge in [-0.1, -0.05) is 23.7 Å². The number of piperidine rings is 1. The number of rotatable bonds is 5. The molecule has 1 atom stereocenters. The van der Waals surface area contributed by atoms with Gasteiger partial charge >= 0.3 is 0 Å². The van der Waals surface area contributed by atoms with Gasteiger partial charge in [0.25, 0.3) is 0 Å². The minimum Gasteiger partial charge on any atom is -0.368 e. The molecule has 1 aliphatic heterocycles. The Labute approximate surface area is 131 Å². The van der Waals surface area contributed by atoms with Crippen LogP contribution in [-0.2, 0) is 9.53 Å². The number of nitrogens with zero attached hydrogens (tertiary/aromatic N) is 1. The first kappa shape index (κ1) is 16.3. The maximum absolute atomic E-state index is 12.2. The highest BCUT2D eigenvalue weighted by atomic mass is 35.5. The van der Waals surface area contributed by atoms with Gasteiger partial charge in [-0.25, -0.2) is 0 Å². The van der Waals surface area contributed by atoms with Crippen LogP contribution in [0.3, 0.4) is 0 Å². The molecular weight excluding hydrogens is 288 g/mol. The molecule has 5 heteroatoms. The van der Waals surface area contributed by atoms with Gasteiger partial charge in [-0.2, -0.15) is 0 Å². The van der Waals surface area contributed by atoms with Gasteiger partial charge in [0.2, 0.25) is 5.91 Å². The summed E-state index contributed by atoms with van der Waals surface area (Å²) in [5.41, 5.74) is 1.07. The first-order valence-corrected chi connectivity index (χ1v) is 7.79. The molecule has 21 heavy (non-hydrogen) atoms. The van der Waals surface area contributed by atoms with E-state index in [4.69, 9.17) is 16.3 Å². The number of nitrogens with one attached hydrogen (secondary N) is 1. The van der Waals surface area contributed by atoms with Gasteiger partial charge < -0.3 is 15.0 Å². The summed E-state index contributed by atoms with van der Waals surface area (Å²) in [4.78, 5) is 14.0. The minimum atomic E-state index is 0.00592. The van der Waals surface area contributed by atoms with Crippen molar-refractivity contribution in [2.75, 3.05) is 26.7 Å². The number of hydrogen-bond donors (Lipinski definition) is 1. The van der Waals surface area contributed by atoms with E-state index in [-0.39, 0.29) is 24.7 Å². The van der Waals surface area contributed by atoms with Crippen LogP contribution in [-0.4, -0.2) is 43.7 Å². The Kier molecular flexibility index (Phi) is 6.03. The number of carbonyl (C=O) groups excluding carboxylic acids is 1. The summed E-state index contributed by atoms with van der Waals surface area (Å²) in [7, 11) is 1.81. The standard InChI is InChI=1S/C16H23ClN2O2/c1-12(13-3-5-14(17)6-4-13)19(2)16(20)11-21-15-7-9-18-10-8-15/h3-6,12,15,18H,7-11H2,1-2H3. The van der Waals surface area contributed by atoms with Crippen LogP contribution in [0.1, 0.15) is 31.4 Å². The Bertz CT molecular complexity index is 458. The zero-order chi connectivity index (χ0) is 15.2. The van der Waals surface area contributed by atoms with E-state index in [2.05, 4.69) is 5.32 Å². The second-order valence-electron chi connectivity index (χ2n) is 5.49. The third kappa shape index (κ3) is 4.70. The van der Waals surface area contributed by atoms with Crippen molar-refractivity contribution in [3.63, 3.8) is 0 Å². The highest BCUT2D eigenvalue weighted by Crippen LogP contribution is 2.21. The molecule has 4 nitrogen and oxygen atoms in total. The summed E-state index contributed by atoms with van der Waals surface area (Å²) in [6.45, 7) is 4.09. The summed E-state index contributed by atoms with van der Waals surface area (Å²) in [5.74, 6) is 0.0102. The Morgan fingerprint density at radius 2 is 2.00 bits per heavy atom. The van der Waals surface area contributed by atoms with Gasteiger partial charge in [0.05, 0.1) is 12.1 Å². The molecule has 1 saturated heterocycles. The molecule has 0 aromatic heterocycles. The fourth-order valence-electron chi connectivity index (χ4n) is 2.43. The molecule has 1 aromatic rings. The third-order valence-corrected chi connectivity index (χ3v) is 4.31. The van der Waals surface area contributed by atoms with Crippen LogP contribution in [0.4, 0.5) is 0 Å². The van der Waals surface area contributed by atoms with Crippen LogP contribution >= 0.6 is 11.6 Å². The average Bonchev–Trinajstić information content (AvgIpc) is 2.53. The second-order valence-corrected chi connectivity index (χ2v) is 5.93. The second kappa shape index (κ2) is 7.78. The van der Waals surface area contributed by atoms with Crippen molar-refractivity contribution in [2.45, 2.75) is 31.9 Å². The van der Waals surface area contributed by atoms with Crippen LogP contribution in [0.2, 0.25) is 5.02 Å². The topological polar surface area (TPSA) is 41.6 Å². The highest BCUT2D eigenvalue weighted by molar-refractivity contribution is 6.30. The number of halogens is 1. The summed E-state index contributed by atoms with van der Waals surface area (Å²) in [5, 5.41) is 3.99. The Morgan fingerprint density at radius 1 is 1.38 bits per heavy atom. The number of likely N-dealkylation sites (N-methyl/N-ethyl adjacent to an activating group) is 1. The van der Waals surface area contributed by atoms with Crippen molar-refractivity contribution in [1.29, 1.82) is 0 Å². The lowest BCUT2D eigenvalue weighted by molar-refractivity contribution is -0.139. The van der Waals surface area contributed by atoms with Crippen molar-refractivity contribution < 1.29 is 9.53 Å². The number of carbonyl (C=O) groups is 1. The van der Waals surface area contributed by atoms with E-state index in [1.807, 2.05) is 38.2 Å². The minimum absolute atomic E-state index is 0.00592. The van der Waals surface area contributed by atoms with Gasteiger partial charge in [0.1, 0.15) is 6.61 Å². The SMILES string of the molecule is CC(c1ccc(Cl)cc1)N(C)C(=O)COC1CCNCC1. The Morgan fingerprint density at radius 3 is 2.62 bits per heavy atom. The van der Waals surface area contributed by atoms with Gasteiger partial charge in [0.15, 0.2) is 0 Å². The quantitative estimate of drug-likeness (QED) is 0.909. The van der Waals surface area contributed by atoms with Crippen LogP contribution in [0.15, 0.2) is 24.3 Å². The fraction of sp³-hybridized carbons (Fsp3) is 0.562. The van der Waals surface area contributed by atoms with Gasteiger partial charge in [-0.15, -0.1) is 0 Å². The molecular formula is C16H23ClN2O2. The molecule has 2 rings (SSSR count). The molecule has 1 fully saturated rings. The first-order chi connectivity index (χ1) is 10.1. The number of amides is 1. The monoisotopic (exact) mass is 310 g/mol. The normalized spacial score (nSPS) is 17.5. The van der Waals surface area contributed by atoms with Gasteiger partial charge in [-0.05, 0) is 50.6 Å². The summed E-state index contributed by atoms with van der Waals surface area (Å²) >= 11 is 5.89. The molecule has 0 aliphatic carbocycles. The lowest BCUT2D eigenvalue weighted by atomic mass is 10.1. The van der Waals surface area contributed by atoms with E-state index in [1.165, 1.54) is 0 Å². The van der Waals surface area contributed by atoms with Crippen LogP contribution in [0.25, 0.3) is 0 Å². The van der Waals surface area contributed by atoms with Crippen molar-refractivity contribution in [3.05, 3.63) is 34.9 Å². The molecule has 1 unspecified atom stereocenters. The Hall–Kier alpha value is -1.10. The van der Waals surface area contributed by atoms with E-state index in [0.29, 0.717) is 5.02 Å². The van der Waals surface area contributed by atoms with Crippen molar-refractivity contribution >= 4 is 17.5 Å². The molecule has 116 valence electrons. The van der Waals surface area contributed by atoms with Crippen molar-refractivity contribution in [1.82, 2.24) is 10.2 Å². The fourth-order valence-corrected chi connectivity index (χ4v) is 2.56. The van der Waals surface area contributed by atoms with E-state index in [1.54, 1.807) is 4.90 Å². The first-order valence-electron chi connectivity index (χ1n) is 7.41. The molecule has 1 heterocycles. The van der Waals surface area contributed by atoms with Gasteiger partial charge in [-0.3, -0.25) is 4.79 Å². The van der Waals surface area contributed by atoms with E-state index < -0.39 is 0 Å². The average molecular weight is 311 g/mol. The smallest absolute Gasteiger partial charge is 0.248 e. The maximum atomic E-state index is 12.2. The molecule has 0 radical (unpaired) electrons. The molecule has 1 aromatic carbocycles. The Balaban J connectivity index is 1.84. The highest BCUT2D eigenvalue weighted by Gasteiger charge is 2.20. The van der Waals surface area contributed by atoms with E-state index >= 15 is 0 Å². The zero-order valence-electron chi connectivity index (χ0n) is 12.6. The summed E-state index contributed by atoms with van der Waals surface area (Å²) in [6, 6.07) is 7.59. The summed E-state index contributed by atoms with van der Waals surface area (Å²) in [6.07, 6.45) is 2.16. The third-order valence-electron chi connectivity index (χ3n) is 4.06. The number of benzene rings is 1. The molecule has 1 N–H and O–H groups in total.